The lowest BCUT2D eigenvalue weighted by Gasteiger charge is -2.19. The van der Waals surface area contributed by atoms with Crippen molar-refractivity contribution in [2.24, 2.45) is 5.92 Å². The van der Waals surface area contributed by atoms with Crippen molar-refractivity contribution in [2.45, 2.75) is 38.2 Å². The highest BCUT2D eigenvalue weighted by Crippen LogP contribution is 2.24. The predicted molar refractivity (Wildman–Crippen MR) is 51.0 cm³/mol. The number of aliphatic hydroxyl groups is 1. The zero-order valence-electron chi connectivity index (χ0n) is 8.53. The van der Waals surface area contributed by atoms with Crippen LogP contribution >= 0.6 is 0 Å². The Labute approximate surface area is 83.9 Å². The minimum absolute atomic E-state index is 0.126. The molecule has 0 spiro atoms. The summed E-state index contributed by atoms with van der Waals surface area (Å²) in [5.74, 6) is -0.677. The average molecular weight is 202 g/mol. The van der Waals surface area contributed by atoms with Crippen molar-refractivity contribution < 1.29 is 19.7 Å². The molecule has 0 aromatic heterocycles. The summed E-state index contributed by atoms with van der Waals surface area (Å²) in [5.41, 5.74) is -1.75. The first kappa shape index (κ1) is 11.5. The van der Waals surface area contributed by atoms with Gasteiger partial charge in [0, 0.05) is 6.61 Å². The first-order valence-corrected chi connectivity index (χ1v) is 5.06. The number of rotatable bonds is 5. The maximum atomic E-state index is 10.5. The van der Waals surface area contributed by atoms with Crippen LogP contribution in [-0.2, 0) is 9.53 Å². The quantitative estimate of drug-likeness (QED) is 0.698. The van der Waals surface area contributed by atoms with Gasteiger partial charge in [-0.15, -0.1) is 0 Å². The fraction of sp³-hybridized carbons (Fsp3) is 0.900. The Balaban J connectivity index is 2.16. The van der Waals surface area contributed by atoms with Crippen LogP contribution in [0.5, 0.6) is 0 Å². The lowest BCUT2D eigenvalue weighted by molar-refractivity contribution is -0.163. The molecule has 0 saturated heterocycles. The summed E-state index contributed by atoms with van der Waals surface area (Å²) in [6.07, 6.45) is 4.80. The highest BCUT2D eigenvalue weighted by Gasteiger charge is 2.30. The Morgan fingerprint density at radius 3 is 2.57 bits per heavy atom. The molecule has 4 nitrogen and oxygen atoms in total. The summed E-state index contributed by atoms with van der Waals surface area (Å²) in [4.78, 5) is 10.5. The highest BCUT2D eigenvalue weighted by atomic mass is 16.5. The van der Waals surface area contributed by atoms with E-state index in [2.05, 4.69) is 0 Å². The third kappa shape index (κ3) is 3.27. The molecule has 82 valence electrons. The van der Waals surface area contributed by atoms with E-state index in [1.807, 2.05) is 0 Å². The van der Waals surface area contributed by atoms with Gasteiger partial charge in [-0.3, -0.25) is 0 Å². The third-order valence-electron chi connectivity index (χ3n) is 2.67. The van der Waals surface area contributed by atoms with Gasteiger partial charge in [0.15, 0.2) is 5.60 Å². The van der Waals surface area contributed by atoms with Crippen LogP contribution in [0.15, 0.2) is 0 Å². The molecule has 0 aliphatic heterocycles. The first-order valence-electron chi connectivity index (χ1n) is 5.06. The monoisotopic (exact) mass is 202 g/mol. The number of aliphatic carboxylic acids is 1. The molecule has 0 radical (unpaired) electrons. The molecule has 4 heteroatoms. The van der Waals surface area contributed by atoms with Crippen LogP contribution in [0.2, 0.25) is 0 Å². The molecule has 1 unspecified atom stereocenters. The molecule has 1 aliphatic rings. The SMILES string of the molecule is CC(O)(COCC1CCCC1)C(=O)O. The van der Waals surface area contributed by atoms with Gasteiger partial charge in [0.2, 0.25) is 0 Å². The van der Waals surface area contributed by atoms with Gasteiger partial charge in [-0.25, -0.2) is 4.79 Å². The van der Waals surface area contributed by atoms with E-state index >= 15 is 0 Å². The lowest BCUT2D eigenvalue weighted by Crippen LogP contribution is -2.40. The standard InChI is InChI=1S/C10H18O4/c1-10(13,9(11)12)7-14-6-8-4-2-3-5-8/h8,13H,2-7H2,1H3,(H,11,12). The van der Waals surface area contributed by atoms with Crippen LogP contribution in [0.3, 0.4) is 0 Å². The number of carboxylic acid groups (broad SMARTS) is 1. The van der Waals surface area contributed by atoms with Crippen molar-refractivity contribution in [1.82, 2.24) is 0 Å². The number of hydrogen-bond acceptors (Lipinski definition) is 3. The number of ether oxygens (including phenoxy) is 1. The largest absolute Gasteiger partial charge is 0.479 e. The van der Waals surface area contributed by atoms with Gasteiger partial charge in [0.1, 0.15) is 0 Å². The first-order chi connectivity index (χ1) is 6.52. The zero-order valence-corrected chi connectivity index (χ0v) is 8.53. The molecule has 0 aromatic rings. The predicted octanol–water partition coefficient (Wildman–Crippen LogP) is 1.03. The summed E-state index contributed by atoms with van der Waals surface area (Å²) in [6.45, 7) is 1.70. The van der Waals surface area contributed by atoms with Gasteiger partial charge in [0.05, 0.1) is 6.61 Å². The van der Waals surface area contributed by atoms with E-state index in [1.165, 1.54) is 19.8 Å². The van der Waals surface area contributed by atoms with Gasteiger partial charge in [-0.1, -0.05) is 12.8 Å². The van der Waals surface area contributed by atoms with Gasteiger partial charge in [-0.05, 0) is 25.7 Å². The van der Waals surface area contributed by atoms with E-state index in [0.29, 0.717) is 12.5 Å². The molecular formula is C10H18O4. The third-order valence-corrected chi connectivity index (χ3v) is 2.67. The second kappa shape index (κ2) is 4.75. The van der Waals surface area contributed by atoms with Crippen LogP contribution in [0, 0.1) is 5.92 Å². The van der Waals surface area contributed by atoms with E-state index in [9.17, 15) is 9.90 Å². The molecule has 1 rings (SSSR count). The smallest absolute Gasteiger partial charge is 0.337 e. The van der Waals surface area contributed by atoms with E-state index in [4.69, 9.17) is 9.84 Å². The molecule has 0 aromatic carbocycles. The van der Waals surface area contributed by atoms with Crippen molar-refractivity contribution in [3.63, 3.8) is 0 Å². The molecule has 0 bridgehead atoms. The molecule has 0 amide bonds. The maximum Gasteiger partial charge on any atom is 0.337 e. The van der Waals surface area contributed by atoms with Crippen LogP contribution in [-0.4, -0.2) is 35.0 Å². The van der Waals surface area contributed by atoms with Crippen molar-refractivity contribution in [3.05, 3.63) is 0 Å². The van der Waals surface area contributed by atoms with E-state index < -0.39 is 11.6 Å². The zero-order chi connectivity index (χ0) is 10.6. The molecule has 1 saturated carbocycles. The lowest BCUT2D eigenvalue weighted by atomic mass is 10.1. The minimum Gasteiger partial charge on any atom is -0.479 e. The van der Waals surface area contributed by atoms with Crippen LogP contribution < -0.4 is 0 Å². The van der Waals surface area contributed by atoms with Gasteiger partial charge >= 0.3 is 5.97 Å². The van der Waals surface area contributed by atoms with E-state index in [-0.39, 0.29) is 6.61 Å². The Kier molecular flexibility index (Phi) is 3.89. The number of hydrogen-bond donors (Lipinski definition) is 2. The number of carbonyl (C=O) groups is 1. The van der Waals surface area contributed by atoms with Crippen LogP contribution in [0.1, 0.15) is 32.6 Å². The highest BCUT2D eigenvalue weighted by molar-refractivity contribution is 5.76. The molecule has 0 heterocycles. The summed E-state index contributed by atoms with van der Waals surface area (Å²) >= 11 is 0. The van der Waals surface area contributed by atoms with Gasteiger partial charge < -0.3 is 14.9 Å². The molecular weight excluding hydrogens is 184 g/mol. The average Bonchev–Trinajstić information content (AvgIpc) is 2.56. The molecule has 1 atom stereocenters. The fourth-order valence-corrected chi connectivity index (χ4v) is 1.66. The fourth-order valence-electron chi connectivity index (χ4n) is 1.66. The maximum absolute atomic E-state index is 10.5. The molecule has 14 heavy (non-hydrogen) atoms. The Hall–Kier alpha value is -0.610. The normalized spacial score (nSPS) is 22.1. The van der Waals surface area contributed by atoms with Crippen molar-refractivity contribution >= 4 is 5.97 Å². The Morgan fingerprint density at radius 1 is 1.50 bits per heavy atom. The summed E-state index contributed by atoms with van der Waals surface area (Å²) in [6, 6.07) is 0. The number of carboxylic acids is 1. The minimum atomic E-state index is -1.75. The van der Waals surface area contributed by atoms with Crippen LogP contribution in [0.4, 0.5) is 0 Å². The van der Waals surface area contributed by atoms with Crippen molar-refractivity contribution in [2.75, 3.05) is 13.2 Å². The Morgan fingerprint density at radius 2 is 2.07 bits per heavy atom. The Bertz CT molecular complexity index is 194. The topological polar surface area (TPSA) is 66.8 Å². The van der Waals surface area contributed by atoms with Crippen LogP contribution in [0.25, 0.3) is 0 Å². The second-order valence-electron chi connectivity index (χ2n) is 4.24. The summed E-state index contributed by atoms with van der Waals surface area (Å²) < 4.78 is 5.21. The van der Waals surface area contributed by atoms with Crippen molar-refractivity contribution in [1.29, 1.82) is 0 Å². The second-order valence-corrected chi connectivity index (χ2v) is 4.24. The molecule has 2 N–H and O–H groups in total. The van der Waals surface area contributed by atoms with Gasteiger partial charge in [0.25, 0.3) is 0 Å². The van der Waals surface area contributed by atoms with Gasteiger partial charge in [-0.2, -0.15) is 0 Å². The summed E-state index contributed by atoms with van der Waals surface area (Å²) in [7, 11) is 0. The van der Waals surface area contributed by atoms with E-state index in [1.54, 1.807) is 0 Å². The summed E-state index contributed by atoms with van der Waals surface area (Å²) in [5, 5.41) is 17.9. The molecule has 1 aliphatic carbocycles. The molecule has 1 fully saturated rings. The van der Waals surface area contributed by atoms with Crippen molar-refractivity contribution in [3.8, 4) is 0 Å². The van der Waals surface area contributed by atoms with E-state index in [0.717, 1.165) is 12.8 Å².